The van der Waals surface area contributed by atoms with Gasteiger partial charge in [0.05, 0.1) is 13.2 Å². The van der Waals surface area contributed by atoms with Crippen molar-refractivity contribution in [2.24, 2.45) is 0 Å². The van der Waals surface area contributed by atoms with E-state index >= 15 is 0 Å². The molecule has 0 unspecified atom stereocenters. The lowest BCUT2D eigenvalue weighted by molar-refractivity contribution is 0.0760. The van der Waals surface area contributed by atoms with Crippen molar-refractivity contribution in [1.29, 1.82) is 0 Å². The second-order valence-corrected chi connectivity index (χ2v) is 4.51. The topological polar surface area (TPSA) is 43.4 Å². The zero-order chi connectivity index (χ0) is 13.2. The molecule has 18 heavy (non-hydrogen) atoms. The minimum Gasteiger partial charge on any atom is -0.481 e. The number of methoxy groups -OCH3 is 1. The Bertz CT molecular complexity index is 312. The number of pyridine rings is 1. The summed E-state index contributed by atoms with van der Waals surface area (Å²) < 4.78 is 10.5. The number of hydrogen-bond acceptors (Lipinski definition) is 4. The molecule has 1 heterocycles. The van der Waals surface area contributed by atoms with Crippen LogP contribution in [-0.2, 0) is 11.3 Å². The van der Waals surface area contributed by atoms with Gasteiger partial charge in [0, 0.05) is 25.4 Å². The van der Waals surface area contributed by atoms with Gasteiger partial charge >= 0.3 is 0 Å². The quantitative estimate of drug-likeness (QED) is 0.685. The summed E-state index contributed by atoms with van der Waals surface area (Å²) in [6, 6.07) is 3.91. The SMILES string of the molecule is COc1ccc(CNCCCCOC(C)C)cn1. The van der Waals surface area contributed by atoms with Crippen LogP contribution in [0.4, 0.5) is 0 Å². The van der Waals surface area contributed by atoms with E-state index in [9.17, 15) is 0 Å². The third-order valence-corrected chi connectivity index (χ3v) is 2.53. The van der Waals surface area contributed by atoms with Crippen molar-refractivity contribution < 1.29 is 9.47 Å². The van der Waals surface area contributed by atoms with Crippen LogP contribution in [0.2, 0.25) is 0 Å². The van der Waals surface area contributed by atoms with E-state index in [2.05, 4.69) is 24.1 Å². The van der Waals surface area contributed by atoms with Crippen molar-refractivity contribution in [2.75, 3.05) is 20.3 Å². The Kier molecular flexibility index (Phi) is 7.37. The molecule has 1 N–H and O–H groups in total. The fourth-order valence-corrected chi connectivity index (χ4v) is 1.54. The number of nitrogens with zero attached hydrogens (tertiary/aromatic N) is 1. The lowest BCUT2D eigenvalue weighted by Gasteiger charge is -2.08. The first-order valence-electron chi connectivity index (χ1n) is 6.53. The highest BCUT2D eigenvalue weighted by Crippen LogP contribution is 2.06. The Morgan fingerprint density at radius 1 is 1.28 bits per heavy atom. The molecule has 1 rings (SSSR count). The Morgan fingerprint density at radius 3 is 2.72 bits per heavy atom. The highest BCUT2D eigenvalue weighted by atomic mass is 16.5. The van der Waals surface area contributed by atoms with E-state index in [0.29, 0.717) is 12.0 Å². The highest BCUT2D eigenvalue weighted by Gasteiger charge is 1.96. The van der Waals surface area contributed by atoms with E-state index in [1.54, 1.807) is 7.11 Å². The van der Waals surface area contributed by atoms with Crippen LogP contribution in [0.1, 0.15) is 32.3 Å². The van der Waals surface area contributed by atoms with E-state index < -0.39 is 0 Å². The predicted octanol–water partition coefficient (Wildman–Crippen LogP) is 2.39. The molecule has 0 fully saturated rings. The molecule has 0 aliphatic carbocycles. The predicted molar refractivity (Wildman–Crippen MR) is 72.8 cm³/mol. The molecule has 1 aromatic heterocycles. The van der Waals surface area contributed by atoms with Gasteiger partial charge in [0.2, 0.25) is 5.88 Å². The smallest absolute Gasteiger partial charge is 0.212 e. The summed E-state index contributed by atoms with van der Waals surface area (Å²) in [6.07, 6.45) is 4.42. The maximum atomic E-state index is 5.48. The van der Waals surface area contributed by atoms with Gasteiger partial charge in [-0.3, -0.25) is 0 Å². The van der Waals surface area contributed by atoms with E-state index in [0.717, 1.165) is 32.5 Å². The van der Waals surface area contributed by atoms with E-state index in [-0.39, 0.29) is 0 Å². The molecule has 0 aliphatic rings. The van der Waals surface area contributed by atoms with Crippen molar-refractivity contribution in [2.45, 2.75) is 39.3 Å². The summed E-state index contributed by atoms with van der Waals surface area (Å²) in [7, 11) is 1.62. The largest absolute Gasteiger partial charge is 0.481 e. The minimum absolute atomic E-state index is 0.336. The normalized spacial score (nSPS) is 10.9. The van der Waals surface area contributed by atoms with Crippen LogP contribution in [0, 0.1) is 0 Å². The summed E-state index contributed by atoms with van der Waals surface area (Å²) >= 11 is 0. The first kappa shape index (κ1) is 14.9. The Morgan fingerprint density at radius 2 is 2.11 bits per heavy atom. The molecule has 102 valence electrons. The zero-order valence-electron chi connectivity index (χ0n) is 11.6. The molecule has 0 radical (unpaired) electrons. The number of nitrogens with one attached hydrogen (secondary N) is 1. The molecule has 1 aromatic rings. The molecule has 0 bridgehead atoms. The average molecular weight is 252 g/mol. The first-order chi connectivity index (χ1) is 8.72. The second kappa shape index (κ2) is 8.89. The second-order valence-electron chi connectivity index (χ2n) is 4.51. The first-order valence-corrected chi connectivity index (χ1v) is 6.53. The molecular formula is C14H24N2O2. The lowest BCUT2D eigenvalue weighted by Crippen LogP contribution is -2.15. The van der Waals surface area contributed by atoms with Gasteiger partial charge in [-0.2, -0.15) is 0 Å². The number of rotatable bonds is 9. The van der Waals surface area contributed by atoms with Crippen LogP contribution in [0.5, 0.6) is 5.88 Å². The number of unbranched alkanes of at least 4 members (excludes halogenated alkanes) is 1. The Labute approximate surface area is 110 Å². The van der Waals surface area contributed by atoms with E-state index in [4.69, 9.17) is 9.47 Å². The fraction of sp³-hybridized carbons (Fsp3) is 0.643. The number of aromatic nitrogens is 1. The molecule has 0 atom stereocenters. The van der Waals surface area contributed by atoms with Crippen LogP contribution in [-0.4, -0.2) is 31.3 Å². The van der Waals surface area contributed by atoms with Crippen molar-refractivity contribution >= 4 is 0 Å². The van der Waals surface area contributed by atoms with Crippen molar-refractivity contribution in [1.82, 2.24) is 10.3 Å². The summed E-state index contributed by atoms with van der Waals surface area (Å²) in [4.78, 5) is 4.16. The molecule has 0 saturated heterocycles. The molecule has 0 saturated carbocycles. The van der Waals surface area contributed by atoms with Gasteiger partial charge in [-0.15, -0.1) is 0 Å². The summed E-state index contributed by atoms with van der Waals surface area (Å²) in [5.41, 5.74) is 1.18. The van der Waals surface area contributed by atoms with Gasteiger partial charge in [0.25, 0.3) is 0 Å². The molecule has 4 heteroatoms. The Hall–Kier alpha value is -1.13. The maximum Gasteiger partial charge on any atom is 0.212 e. The van der Waals surface area contributed by atoms with Crippen LogP contribution in [0.25, 0.3) is 0 Å². The summed E-state index contributed by atoms with van der Waals surface area (Å²) in [5.74, 6) is 0.657. The number of hydrogen-bond donors (Lipinski definition) is 1. The van der Waals surface area contributed by atoms with Crippen LogP contribution in [0.3, 0.4) is 0 Å². The molecule has 0 aromatic carbocycles. The third kappa shape index (κ3) is 6.57. The zero-order valence-corrected chi connectivity index (χ0v) is 11.6. The summed E-state index contributed by atoms with van der Waals surface area (Å²) in [5, 5.41) is 3.39. The van der Waals surface area contributed by atoms with Crippen molar-refractivity contribution in [3.8, 4) is 5.88 Å². The molecule has 0 amide bonds. The molecular weight excluding hydrogens is 228 g/mol. The fourth-order valence-electron chi connectivity index (χ4n) is 1.54. The third-order valence-electron chi connectivity index (χ3n) is 2.53. The van der Waals surface area contributed by atoms with Crippen LogP contribution < -0.4 is 10.1 Å². The van der Waals surface area contributed by atoms with Gasteiger partial charge in [-0.25, -0.2) is 4.98 Å². The van der Waals surface area contributed by atoms with Gasteiger partial charge in [-0.1, -0.05) is 6.07 Å². The van der Waals surface area contributed by atoms with Gasteiger partial charge in [-0.05, 0) is 38.8 Å². The number of ether oxygens (including phenoxy) is 2. The molecule has 4 nitrogen and oxygen atoms in total. The van der Waals surface area contributed by atoms with Crippen molar-refractivity contribution in [3.05, 3.63) is 23.9 Å². The van der Waals surface area contributed by atoms with E-state index in [1.807, 2.05) is 18.3 Å². The van der Waals surface area contributed by atoms with Crippen molar-refractivity contribution in [3.63, 3.8) is 0 Å². The standard InChI is InChI=1S/C14H24N2O2/c1-12(2)18-9-5-4-8-15-10-13-6-7-14(17-3)16-11-13/h6-7,11-12,15H,4-5,8-10H2,1-3H3. The maximum absolute atomic E-state index is 5.48. The van der Waals surface area contributed by atoms with E-state index in [1.165, 1.54) is 5.56 Å². The summed E-state index contributed by atoms with van der Waals surface area (Å²) in [6.45, 7) is 6.84. The monoisotopic (exact) mass is 252 g/mol. The highest BCUT2D eigenvalue weighted by molar-refractivity contribution is 5.17. The average Bonchev–Trinajstić information content (AvgIpc) is 2.38. The van der Waals surface area contributed by atoms with Gasteiger partial charge in [0.1, 0.15) is 0 Å². The van der Waals surface area contributed by atoms with Crippen LogP contribution in [0.15, 0.2) is 18.3 Å². The minimum atomic E-state index is 0.336. The Balaban J connectivity index is 2.03. The van der Waals surface area contributed by atoms with Gasteiger partial charge < -0.3 is 14.8 Å². The lowest BCUT2D eigenvalue weighted by atomic mass is 10.2. The van der Waals surface area contributed by atoms with Gasteiger partial charge in [0.15, 0.2) is 0 Å². The van der Waals surface area contributed by atoms with Crippen LogP contribution >= 0.6 is 0 Å². The molecule has 0 spiro atoms. The molecule has 0 aliphatic heterocycles.